The predicted molar refractivity (Wildman–Crippen MR) is 130 cm³/mol. The van der Waals surface area contributed by atoms with Crippen molar-refractivity contribution in [3.63, 3.8) is 0 Å². The van der Waals surface area contributed by atoms with Crippen molar-refractivity contribution in [2.24, 2.45) is 11.3 Å². The van der Waals surface area contributed by atoms with E-state index in [1.54, 1.807) is 0 Å². The Morgan fingerprint density at radius 2 is 2.03 bits per heavy atom. The third-order valence-electron chi connectivity index (χ3n) is 7.68. The minimum Gasteiger partial charge on any atom is -0.393 e. The van der Waals surface area contributed by atoms with Gasteiger partial charge < -0.3 is 5.11 Å². The molecule has 0 aromatic carbocycles. The second-order valence-corrected chi connectivity index (χ2v) is 13.5. The average Bonchev–Trinajstić information content (AvgIpc) is 3.04. The highest BCUT2D eigenvalue weighted by Gasteiger charge is 2.44. The molecule has 32 heavy (non-hydrogen) atoms. The molecule has 0 saturated heterocycles. The summed E-state index contributed by atoms with van der Waals surface area (Å²) < 4.78 is 37.8. The van der Waals surface area contributed by atoms with E-state index in [1.165, 1.54) is 38.0 Å². The molecule has 0 aromatic heterocycles. The van der Waals surface area contributed by atoms with Gasteiger partial charge in [0, 0.05) is 0 Å². The van der Waals surface area contributed by atoms with Crippen LogP contribution in [0.25, 0.3) is 0 Å². The highest BCUT2D eigenvalue weighted by molar-refractivity contribution is 7.96. The second-order valence-electron chi connectivity index (χ2n) is 10.9. The van der Waals surface area contributed by atoms with Crippen LogP contribution in [0.3, 0.4) is 0 Å². The average molecular weight is 463 g/mol. The fourth-order valence-electron chi connectivity index (χ4n) is 5.43. The van der Waals surface area contributed by atoms with Gasteiger partial charge in [-0.05, 0) is 102 Å². The lowest BCUT2D eigenvalue weighted by Crippen LogP contribution is -2.30. The maximum absolute atomic E-state index is 14.4. The van der Waals surface area contributed by atoms with Gasteiger partial charge >= 0.3 is 0 Å². The molecule has 0 amide bonds. The summed E-state index contributed by atoms with van der Waals surface area (Å²) in [4.78, 5) is 0. The second kappa shape index (κ2) is 9.42. The molecule has 3 atom stereocenters. The van der Waals surface area contributed by atoms with Crippen molar-refractivity contribution in [3.8, 4) is 0 Å². The van der Waals surface area contributed by atoms with Crippen LogP contribution in [0.15, 0.2) is 58.3 Å². The first-order valence-electron chi connectivity index (χ1n) is 11.9. The molecule has 0 aliphatic heterocycles. The van der Waals surface area contributed by atoms with E-state index < -0.39 is 19.7 Å². The summed E-state index contributed by atoms with van der Waals surface area (Å²) in [5.74, 6) is 0.442. The predicted octanol–water partition coefficient (Wildman–Crippen LogP) is 6.88. The third kappa shape index (κ3) is 5.04. The molecule has 2 saturated carbocycles. The first-order valence-corrected chi connectivity index (χ1v) is 13.4. The summed E-state index contributed by atoms with van der Waals surface area (Å²) in [5, 5.41) is 8.99. The number of sulfone groups is 1. The van der Waals surface area contributed by atoms with Crippen LogP contribution in [0.1, 0.15) is 85.5 Å². The lowest BCUT2D eigenvalue weighted by atomic mass is 9.63. The van der Waals surface area contributed by atoms with E-state index in [0.29, 0.717) is 25.2 Å². The van der Waals surface area contributed by atoms with E-state index in [0.717, 1.165) is 49.7 Å². The summed E-state index contributed by atoms with van der Waals surface area (Å²) in [6.07, 6.45) is 15.4. The largest absolute Gasteiger partial charge is 0.393 e. The SMILES string of the molecule is C=C1CCC(O)C/C1=C/C=C1\CCC[C@]2(C)C(CC/C=C(\F)S(=O)(=O)C(C)(C)C)=CC[C@@H]12. The van der Waals surface area contributed by atoms with Gasteiger partial charge in [0.2, 0.25) is 15.0 Å². The molecule has 1 N–H and O–H groups in total. The molecule has 0 spiro atoms. The lowest BCUT2D eigenvalue weighted by molar-refractivity contribution is 0.158. The molecule has 0 heterocycles. The first-order chi connectivity index (χ1) is 14.9. The van der Waals surface area contributed by atoms with Gasteiger partial charge in [0.15, 0.2) is 0 Å². The summed E-state index contributed by atoms with van der Waals surface area (Å²) in [6.45, 7) is 11.0. The topological polar surface area (TPSA) is 54.4 Å². The van der Waals surface area contributed by atoms with Crippen LogP contribution in [0.2, 0.25) is 0 Å². The van der Waals surface area contributed by atoms with Gasteiger partial charge in [0.1, 0.15) is 0 Å². The Morgan fingerprint density at radius 3 is 2.72 bits per heavy atom. The molecule has 2 fully saturated rings. The Labute approximate surface area is 193 Å². The Kier molecular flexibility index (Phi) is 7.41. The Bertz CT molecular complexity index is 975. The highest BCUT2D eigenvalue weighted by Crippen LogP contribution is 2.55. The molecule has 0 bridgehead atoms. The highest BCUT2D eigenvalue weighted by atomic mass is 32.2. The molecule has 178 valence electrons. The van der Waals surface area contributed by atoms with E-state index in [1.807, 2.05) is 0 Å². The lowest BCUT2D eigenvalue weighted by Gasteiger charge is -2.41. The van der Waals surface area contributed by atoms with Crippen LogP contribution in [0.4, 0.5) is 4.39 Å². The van der Waals surface area contributed by atoms with Gasteiger partial charge in [-0.1, -0.05) is 48.5 Å². The monoisotopic (exact) mass is 462 g/mol. The summed E-state index contributed by atoms with van der Waals surface area (Å²) in [5.41, 5.74) is 5.13. The van der Waals surface area contributed by atoms with Gasteiger partial charge in [-0.2, -0.15) is 4.39 Å². The quantitative estimate of drug-likeness (QED) is 0.453. The third-order valence-corrected chi connectivity index (χ3v) is 9.97. The zero-order valence-corrected chi connectivity index (χ0v) is 20.9. The van der Waals surface area contributed by atoms with Crippen molar-refractivity contribution in [1.82, 2.24) is 0 Å². The standard InChI is InChI=1S/C27H39FO3S/c1-19-11-15-23(29)18-21(19)13-12-20-8-7-17-27(5)22(14-16-24(20)27)9-6-10-25(28)32(30,31)26(2,3)4/h10,12-14,23-24,29H,1,6-9,11,15-18H2,2-5H3/b20-12+,21-13-,25-10+/t23?,24-,27+/m0/s1. The number of aliphatic hydroxyl groups is 1. The molecule has 3 nitrogen and oxygen atoms in total. The fraction of sp³-hybridized carbons (Fsp3) is 0.630. The maximum Gasteiger partial charge on any atom is 0.211 e. The van der Waals surface area contributed by atoms with E-state index in [-0.39, 0.29) is 11.5 Å². The van der Waals surface area contributed by atoms with Gasteiger partial charge in [0.25, 0.3) is 0 Å². The molecule has 3 rings (SSSR count). The van der Waals surface area contributed by atoms with Crippen LogP contribution in [-0.4, -0.2) is 24.4 Å². The zero-order valence-electron chi connectivity index (χ0n) is 20.1. The summed E-state index contributed by atoms with van der Waals surface area (Å²) >= 11 is 0. The molecular weight excluding hydrogens is 423 g/mol. The van der Waals surface area contributed by atoms with Crippen molar-refractivity contribution in [1.29, 1.82) is 0 Å². The van der Waals surface area contributed by atoms with E-state index >= 15 is 0 Å². The summed E-state index contributed by atoms with van der Waals surface area (Å²) in [7, 11) is -3.91. The molecule has 5 heteroatoms. The Morgan fingerprint density at radius 1 is 1.31 bits per heavy atom. The number of rotatable bonds is 5. The van der Waals surface area contributed by atoms with Crippen molar-refractivity contribution in [3.05, 3.63) is 58.3 Å². The number of hydrogen-bond acceptors (Lipinski definition) is 3. The number of aliphatic hydroxyl groups excluding tert-OH is 1. The van der Waals surface area contributed by atoms with Crippen molar-refractivity contribution >= 4 is 9.84 Å². The number of hydrogen-bond donors (Lipinski definition) is 1. The number of halogens is 1. The van der Waals surface area contributed by atoms with Gasteiger partial charge in [0.05, 0.1) is 10.9 Å². The van der Waals surface area contributed by atoms with E-state index in [2.05, 4.69) is 31.7 Å². The zero-order chi connectivity index (χ0) is 23.7. The molecule has 3 aliphatic carbocycles. The summed E-state index contributed by atoms with van der Waals surface area (Å²) in [6, 6.07) is 0. The van der Waals surface area contributed by atoms with Gasteiger partial charge in [-0.25, -0.2) is 8.42 Å². The van der Waals surface area contributed by atoms with E-state index in [4.69, 9.17) is 0 Å². The molecular formula is C27H39FO3S. The molecule has 0 aromatic rings. The number of allylic oxidation sites excluding steroid dienone is 7. The van der Waals surface area contributed by atoms with Crippen molar-refractivity contribution in [2.45, 2.75) is 96.3 Å². The molecule has 0 radical (unpaired) electrons. The number of fused-ring (bicyclic) bond motifs is 1. The normalized spacial score (nSPS) is 32.4. The minimum absolute atomic E-state index is 0.0545. The fourth-order valence-corrected chi connectivity index (χ4v) is 6.35. The van der Waals surface area contributed by atoms with Crippen LogP contribution in [0, 0.1) is 11.3 Å². The Hall–Kier alpha value is -1.46. The van der Waals surface area contributed by atoms with Crippen molar-refractivity contribution < 1.29 is 17.9 Å². The maximum atomic E-state index is 14.4. The minimum atomic E-state index is -3.91. The van der Waals surface area contributed by atoms with E-state index in [9.17, 15) is 17.9 Å². The smallest absolute Gasteiger partial charge is 0.211 e. The van der Waals surface area contributed by atoms with Crippen LogP contribution < -0.4 is 0 Å². The first kappa shape index (κ1) is 25.2. The molecule has 3 aliphatic rings. The van der Waals surface area contributed by atoms with Crippen LogP contribution >= 0.6 is 0 Å². The molecule has 1 unspecified atom stereocenters. The van der Waals surface area contributed by atoms with Gasteiger partial charge in [-0.15, -0.1) is 0 Å². The Balaban J connectivity index is 1.70. The van der Waals surface area contributed by atoms with Gasteiger partial charge in [-0.3, -0.25) is 0 Å². The van der Waals surface area contributed by atoms with Crippen LogP contribution in [0.5, 0.6) is 0 Å². The van der Waals surface area contributed by atoms with Crippen LogP contribution in [-0.2, 0) is 9.84 Å². The van der Waals surface area contributed by atoms with Crippen molar-refractivity contribution in [2.75, 3.05) is 0 Å².